The number of likely N-dealkylation sites (N-methyl/N-ethyl adjacent to an activating group) is 1. The first-order valence-corrected chi connectivity index (χ1v) is 8.46. The standard InChI is InChI=1S/C17H30N4O2/c1-4-18-16(19-10-7-15-6-5-11-23-15)20-14-17(21(2)3)8-12-22-13-9-17/h5-6,11H,4,7-10,12-14H2,1-3H3,(H2,18,19,20). The monoisotopic (exact) mass is 322 g/mol. The first kappa shape index (κ1) is 17.8. The Hall–Kier alpha value is -1.53. The molecule has 2 heterocycles. The van der Waals surface area contributed by atoms with Gasteiger partial charge in [0.05, 0.1) is 12.8 Å². The van der Waals surface area contributed by atoms with Crippen molar-refractivity contribution in [3.8, 4) is 0 Å². The summed E-state index contributed by atoms with van der Waals surface area (Å²) in [5.41, 5.74) is 0.0988. The third-order valence-corrected chi connectivity index (χ3v) is 4.49. The van der Waals surface area contributed by atoms with Crippen LogP contribution in [0.15, 0.2) is 27.8 Å². The second-order valence-corrected chi connectivity index (χ2v) is 6.18. The molecule has 6 heteroatoms. The topological polar surface area (TPSA) is 62.0 Å². The van der Waals surface area contributed by atoms with Crippen LogP contribution in [0.25, 0.3) is 0 Å². The highest BCUT2D eigenvalue weighted by Gasteiger charge is 2.34. The number of aliphatic imine (C=N–C) groups is 1. The van der Waals surface area contributed by atoms with Gasteiger partial charge < -0.3 is 24.7 Å². The van der Waals surface area contributed by atoms with Crippen LogP contribution in [0.5, 0.6) is 0 Å². The summed E-state index contributed by atoms with van der Waals surface area (Å²) < 4.78 is 10.9. The predicted octanol–water partition coefficient (Wildman–Crippen LogP) is 1.49. The van der Waals surface area contributed by atoms with E-state index in [9.17, 15) is 0 Å². The number of rotatable bonds is 7. The maximum atomic E-state index is 5.52. The van der Waals surface area contributed by atoms with Crippen LogP contribution in [0, 0.1) is 0 Å². The minimum absolute atomic E-state index is 0.0988. The van der Waals surface area contributed by atoms with Crippen molar-refractivity contribution in [1.29, 1.82) is 0 Å². The molecule has 0 atom stereocenters. The van der Waals surface area contributed by atoms with Crippen LogP contribution >= 0.6 is 0 Å². The summed E-state index contributed by atoms with van der Waals surface area (Å²) in [4.78, 5) is 7.11. The van der Waals surface area contributed by atoms with Crippen LogP contribution in [-0.2, 0) is 11.2 Å². The lowest BCUT2D eigenvalue weighted by atomic mass is 9.89. The highest BCUT2D eigenvalue weighted by molar-refractivity contribution is 5.79. The van der Waals surface area contributed by atoms with Crippen molar-refractivity contribution in [2.75, 3.05) is 46.9 Å². The van der Waals surface area contributed by atoms with E-state index in [-0.39, 0.29) is 5.54 Å². The van der Waals surface area contributed by atoms with Crippen LogP contribution in [0.3, 0.4) is 0 Å². The van der Waals surface area contributed by atoms with E-state index in [1.54, 1.807) is 6.26 Å². The minimum atomic E-state index is 0.0988. The van der Waals surface area contributed by atoms with Gasteiger partial charge in [0.25, 0.3) is 0 Å². The van der Waals surface area contributed by atoms with Gasteiger partial charge in [-0.15, -0.1) is 0 Å². The van der Waals surface area contributed by atoms with E-state index in [4.69, 9.17) is 14.1 Å². The SMILES string of the molecule is CCNC(=NCC1(N(C)C)CCOCC1)NCCc1ccco1. The van der Waals surface area contributed by atoms with Gasteiger partial charge in [0.2, 0.25) is 0 Å². The lowest BCUT2D eigenvalue weighted by molar-refractivity contribution is -0.00254. The maximum absolute atomic E-state index is 5.52. The van der Waals surface area contributed by atoms with E-state index < -0.39 is 0 Å². The molecule has 130 valence electrons. The molecule has 0 aromatic carbocycles. The molecule has 1 aromatic heterocycles. The highest BCUT2D eigenvalue weighted by atomic mass is 16.5. The number of nitrogens with zero attached hydrogens (tertiary/aromatic N) is 2. The average Bonchev–Trinajstić information content (AvgIpc) is 3.07. The molecule has 1 fully saturated rings. The summed E-state index contributed by atoms with van der Waals surface area (Å²) in [5.74, 6) is 1.86. The molecule has 1 saturated heterocycles. The zero-order valence-electron chi connectivity index (χ0n) is 14.6. The van der Waals surface area contributed by atoms with Gasteiger partial charge in [-0.2, -0.15) is 0 Å². The molecule has 0 radical (unpaired) electrons. The van der Waals surface area contributed by atoms with Gasteiger partial charge in [-0.3, -0.25) is 4.99 Å². The fraction of sp³-hybridized carbons (Fsp3) is 0.706. The van der Waals surface area contributed by atoms with Gasteiger partial charge in [0.1, 0.15) is 5.76 Å². The summed E-state index contributed by atoms with van der Waals surface area (Å²) in [5, 5.41) is 6.70. The zero-order chi connectivity index (χ0) is 16.5. The molecule has 0 bridgehead atoms. The van der Waals surface area contributed by atoms with Crippen molar-refractivity contribution in [1.82, 2.24) is 15.5 Å². The van der Waals surface area contributed by atoms with Gasteiger partial charge >= 0.3 is 0 Å². The molecule has 0 spiro atoms. The van der Waals surface area contributed by atoms with Gasteiger partial charge in [0, 0.05) is 38.3 Å². The Bertz CT molecular complexity index is 465. The third-order valence-electron chi connectivity index (χ3n) is 4.49. The van der Waals surface area contributed by atoms with Crippen molar-refractivity contribution >= 4 is 5.96 Å². The number of hydrogen-bond donors (Lipinski definition) is 2. The Morgan fingerprint density at radius 2 is 2.09 bits per heavy atom. The first-order chi connectivity index (χ1) is 11.2. The van der Waals surface area contributed by atoms with E-state index in [0.29, 0.717) is 0 Å². The molecule has 0 unspecified atom stereocenters. The van der Waals surface area contributed by atoms with Crippen LogP contribution in [0.1, 0.15) is 25.5 Å². The highest BCUT2D eigenvalue weighted by Crippen LogP contribution is 2.26. The van der Waals surface area contributed by atoms with Crippen molar-refractivity contribution in [3.05, 3.63) is 24.2 Å². The average molecular weight is 322 g/mol. The molecule has 23 heavy (non-hydrogen) atoms. The Labute approximate surface area is 139 Å². The Kier molecular flexibility index (Phi) is 6.92. The Morgan fingerprint density at radius 3 is 2.70 bits per heavy atom. The second kappa shape index (κ2) is 8.93. The quantitative estimate of drug-likeness (QED) is 0.588. The molecule has 0 saturated carbocycles. The molecule has 1 aliphatic rings. The van der Waals surface area contributed by atoms with Crippen LogP contribution in [0.2, 0.25) is 0 Å². The summed E-state index contributed by atoms with van der Waals surface area (Å²) in [6, 6.07) is 3.91. The van der Waals surface area contributed by atoms with E-state index >= 15 is 0 Å². The summed E-state index contributed by atoms with van der Waals surface area (Å²) >= 11 is 0. The van der Waals surface area contributed by atoms with Crippen molar-refractivity contribution < 1.29 is 9.15 Å². The molecule has 0 aliphatic carbocycles. The van der Waals surface area contributed by atoms with Crippen LogP contribution in [0.4, 0.5) is 0 Å². The summed E-state index contributed by atoms with van der Waals surface area (Å²) in [6.07, 6.45) is 4.61. The minimum Gasteiger partial charge on any atom is -0.469 e. The maximum Gasteiger partial charge on any atom is 0.191 e. The number of hydrogen-bond acceptors (Lipinski definition) is 4. The smallest absolute Gasteiger partial charge is 0.191 e. The Morgan fingerprint density at radius 1 is 1.30 bits per heavy atom. The van der Waals surface area contributed by atoms with Gasteiger partial charge in [-0.05, 0) is 46.0 Å². The number of nitrogens with one attached hydrogen (secondary N) is 2. The predicted molar refractivity (Wildman–Crippen MR) is 92.9 cm³/mol. The number of ether oxygens (including phenoxy) is 1. The molecule has 2 rings (SSSR count). The molecule has 1 aliphatic heterocycles. The van der Waals surface area contributed by atoms with Crippen molar-refractivity contribution in [3.63, 3.8) is 0 Å². The van der Waals surface area contributed by atoms with Crippen LogP contribution in [-0.4, -0.2) is 63.3 Å². The van der Waals surface area contributed by atoms with E-state index in [2.05, 4.69) is 36.6 Å². The largest absolute Gasteiger partial charge is 0.469 e. The zero-order valence-corrected chi connectivity index (χ0v) is 14.6. The molecule has 1 aromatic rings. The number of furan rings is 1. The normalized spacial score (nSPS) is 18.2. The van der Waals surface area contributed by atoms with Gasteiger partial charge in [0.15, 0.2) is 5.96 Å². The van der Waals surface area contributed by atoms with E-state index in [1.165, 1.54) is 0 Å². The lowest BCUT2D eigenvalue weighted by Crippen LogP contribution is -2.51. The van der Waals surface area contributed by atoms with Crippen molar-refractivity contribution in [2.45, 2.75) is 31.7 Å². The number of guanidine groups is 1. The molecule has 0 amide bonds. The van der Waals surface area contributed by atoms with E-state index in [0.717, 1.165) is 63.8 Å². The third kappa shape index (κ3) is 5.25. The van der Waals surface area contributed by atoms with Gasteiger partial charge in [-0.25, -0.2) is 0 Å². The Balaban J connectivity index is 1.90. The molecule has 6 nitrogen and oxygen atoms in total. The van der Waals surface area contributed by atoms with Crippen molar-refractivity contribution in [2.24, 2.45) is 4.99 Å². The van der Waals surface area contributed by atoms with Gasteiger partial charge in [-0.1, -0.05) is 0 Å². The molecular weight excluding hydrogens is 292 g/mol. The summed E-state index contributed by atoms with van der Waals surface area (Å²) in [7, 11) is 4.27. The first-order valence-electron chi connectivity index (χ1n) is 8.46. The second-order valence-electron chi connectivity index (χ2n) is 6.18. The summed E-state index contributed by atoms with van der Waals surface area (Å²) in [6.45, 7) is 6.15. The van der Waals surface area contributed by atoms with E-state index in [1.807, 2.05) is 12.1 Å². The molecular formula is C17H30N4O2. The van der Waals surface area contributed by atoms with Crippen LogP contribution < -0.4 is 10.6 Å². The molecule has 2 N–H and O–H groups in total. The fourth-order valence-corrected chi connectivity index (χ4v) is 2.83. The lowest BCUT2D eigenvalue weighted by Gasteiger charge is -2.41. The fourth-order valence-electron chi connectivity index (χ4n) is 2.83.